The van der Waals surface area contributed by atoms with Crippen LogP contribution in [0.1, 0.15) is 35.4 Å². The third-order valence-electron chi connectivity index (χ3n) is 4.01. The van der Waals surface area contributed by atoms with Crippen molar-refractivity contribution >= 4 is 5.91 Å². The minimum absolute atomic E-state index is 0.0769. The van der Waals surface area contributed by atoms with E-state index in [0.29, 0.717) is 5.56 Å². The van der Waals surface area contributed by atoms with Crippen LogP contribution >= 0.6 is 0 Å². The van der Waals surface area contributed by atoms with Gasteiger partial charge in [0, 0.05) is 11.8 Å². The van der Waals surface area contributed by atoms with Gasteiger partial charge in [0.15, 0.2) is 0 Å². The van der Waals surface area contributed by atoms with E-state index in [1.54, 1.807) is 6.20 Å². The summed E-state index contributed by atoms with van der Waals surface area (Å²) in [7, 11) is 0. The highest BCUT2D eigenvalue weighted by molar-refractivity contribution is 6.01. The van der Waals surface area contributed by atoms with Gasteiger partial charge in [0.2, 0.25) is 0 Å². The van der Waals surface area contributed by atoms with E-state index in [1.807, 2.05) is 79.7 Å². The molecule has 1 heterocycles. The third kappa shape index (κ3) is 3.51. The fourth-order valence-corrected chi connectivity index (χ4v) is 2.75. The molecule has 0 saturated carbocycles. The number of aromatic nitrogens is 1. The van der Waals surface area contributed by atoms with Crippen molar-refractivity contribution in [1.29, 1.82) is 0 Å². The Kier molecular flexibility index (Phi) is 5.02. The number of hydrogen-bond donors (Lipinski definition) is 1. The normalized spacial score (nSPS) is 11.7. The van der Waals surface area contributed by atoms with E-state index < -0.39 is 0 Å². The number of nitrogens with one attached hydrogen (secondary N) is 1. The molecule has 0 saturated heterocycles. The van der Waals surface area contributed by atoms with Crippen LogP contribution in [-0.2, 0) is 0 Å². The summed E-state index contributed by atoms with van der Waals surface area (Å²) in [5, 5.41) is 3.11. The van der Waals surface area contributed by atoms with Gasteiger partial charge in [-0.15, -0.1) is 0 Å². The zero-order valence-electron chi connectivity index (χ0n) is 13.6. The highest BCUT2D eigenvalue weighted by Crippen LogP contribution is 2.24. The van der Waals surface area contributed by atoms with Crippen molar-refractivity contribution in [2.45, 2.75) is 19.4 Å². The lowest BCUT2D eigenvalue weighted by Crippen LogP contribution is -2.29. The van der Waals surface area contributed by atoms with E-state index in [0.717, 1.165) is 23.2 Å². The first-order valence-corrected chi connectivity index (χ1v) is 8.16. The molecular formula is C21H20N2O. The first-order valence-electron chi connectivity index (χ1n) is 8.16. The number of amides is 1. The second kappa shape index (κ2) is 7.55. The molecule has 0 fully saturated rings. The highest BCUT2D eigenvalue weighted by Gasteiger charge is 2.17. The Morgan fingerprint density at radius 1 is 0.958 bits per heavy atom. The van der Waals surface area contributed by atoms with E-state index in [2.05, 4.69) is 10.3 Å². The molecule has 0 spiro atoms. The lowest BCUT2D eigenvalue weighted by Gasteiger charge is -2.18. The largest absolute Gasteiger partial charge is 0.344 e. The van der Waals surface area contributed by atoms with Gasteiger partial charge in [-0.05, 0) is 35.7 Å². The predicted octanol–water partition coefficient (Wildman–Crippen LogP) is 4.63. The van der Waals surface area contributed by atoms with Crippen LogP contribution < -0.4 is 5.32 Å². The quantitative estimate of drug-likeness (QED) is 0.745. The number of carbonyl (C=O) groups excluding carboxylic acids is 1. The molecule has 1 amide bonds. The summed E-state index contributed by atoms with van der Waals surface area (Å²) >= 11 is 0. The van der Waals surface area contributed by atoms with Gasteiger partial charge in [0.1, 0.15) is 0 Å². The summed E-state index contributed by atoms with van der Waals surface area (Å²) in [6, 6.07) is 23.3. The Balaban J connectivity index is 1.88. The summed E-state index contributed by atoms with van der Waals surface area (Å²) in [5.41, 5.74) is 3.53. The van der Waals surface area contributed by atoms with Crippen molar-refractivity contribution in [1.82, 2.24) is 10.3 Å². The zero-order chi connectivity index (χ0) is 16.8. The first kappa shape index (κ1) is 15.9. The lowest BCUT2D eigenvalue weighted by atomic mass is 9.98. The van der Waals surface area contributed by atoms with Gasteiger partial charge in [-0.25, -0.2) is 0 Å². The van der Waals surface area contributed by atoms with Crippen molar-refractivity contribution < 1.29 is 4.79 Å². The van der Waals surface area contributed by atoms with Crippen LogP contribution in [0.3, 0.4) is 0 Å². The summed E-state index contributed by atoms with van der Waals surface area (Å²) in [6.07, 6.45) is 2.54. The van der Waals surface area contributed by atoms with Gasteiger partial charge in [-0.1, -0.05) is 61.5 Å². The van der Waals surface area contributed by atoms with E-state index in [1.165, 1.54) is 0 Å². The molecule has 3 nitrogen and oxygen atoms in total. The van der Waals surface area contributed by atoms with Crippen molar-refractivity contribution in [2.24, 2.45) is 0 Å². The van der Waals surface area contributed by atoms with Crippen LogP contribution in [-0.4, -0.2) is 10.9 Å². The molecule has 0 radical (unpaired) electrons. The molecule has 0 bridgehead atoms. The molecule has 120 valence electrons. The number of pyridine rings is 1. The van der Waals surface area contributed by atoms with Crippen molar-refractivity contribution in [3.05, 3.63) is 90.3 Å². The maximum Gasteiger partial charge on any atom is 0.252 e. The summed E-state index contributed by atoms with van der Waals surface area (Å²) in [5.74, 6) is -0.0769. The minimum atomic E-state index is -0.0949. The van der Waals surface area contributed by atoms with Crippen molar-refractivity contribution in [3.63, 3.8) is 0 Å². The number of rotatable bonds is 5. The Morgan fingerprint density at radius 2 is 1.67 bits per heavy atom. The molecule has 2 aromatic carbocycles. The molecule has 0 aliphatic rings. The molecule has 1 N–H and O–H groups in total. The van der Waals surface area contributed by atoms with E-state index in [-0.39, 0.29) is 11.9 Å². The topological polar surface area (TPSA) is 42.0 Å². The number of carbonyl (C=O) groups is 1. The molecule has 3 rings (SSSR count). The molecule has 0 aliphatic heterocycles. The third-order valence-corrected chi connectivity index (χ3v) is 4.01. The average Bonchev–Trinajstić information content (AvgIpc) is 2.67. The average molecular weight is 316 g/mol. The molecule has 3 aromatic rings. The van der Waals surface area contributed by atoms with Crippen molar-refractivity contribution in [3.8, 4) is 11.1 Å². The fraction of sp³-hybridized carbons (Fsp3) is 0.143. The van der Waals surface area contributed by atoms with E-state index in [9.17, 15) is 4.79 Å². The zero-order valence-corrected chi connectivity index (χ0v) is 13.6. The smallest absolute Gasteiger partial charge is 0.252 e. The standard InChI is InChI=1S/C21H20N2O/c1-2-19(20-14-8-9-15-22-20)23-21(24)18-13-7-6-12-17(18)16-10-4-3-5-11-16/h3-15,19H,2H2,1H3,(H,23,24). The van der Waals surface area contributed by atoms with Gasteiger partial charge in [-0.2, -0.15) is 0 Å². The molecule has 1 aromatic heterocycles. The minimum Gasteiger partial charge on any atom is -0.344 e. The summed E-state index contributed by atoms with van der Waals surface area (Å²) in [4.78, 5) is 17.2. The van der Waals surface area contributed by atoms with Crippen LogP contribution in [0, 0.1) is 0 Å². The molecule has 1 unspecified atom stereocenters. The second-order valence-corrected chi connectivity index (χ2v) is 5.60. The second-order valence-electron chi connectivity index (χ2n) is 5.60. The number of hydrogen-bond acceptors (Lipinski definition) is 2. The maximum absolute atomic E-state index is 12.8. The van der Waals surface area contributed by atoms with Crippen LogP contribution in [0.5, 0.6) is 0 Å². The monoisotopic (exact) mass is 316 g/mol. The molecule has 3 heteroatoms. The van der Waals surface area contributed by atoms with Gasteiger partial charge >= 0.3 is 0 Å². The van der Waals surface area contributed by atoms with E-state index >= 15 is 0 Å². The molecule has 24 heavy (non-hydrogen) atoms. The summed E-state index contributed by atoms with van der Waals surface area (Å²) in [6.45, 7) is 2.04. The van der Waals surface area contributed by atoms with Gasteiger partial charge < -0.3 is 5.32 Å². The van der Waals surface area contributed by atoms with Gasteiger partial charge in [0.05, 0.1) is 11.7 Å². The summed E-state index contributed by atoms with van der Waals surface area (Å²) < 4.78 is 0. The van der Waals surface area contributed by atoms with E-state index in [4.69, 9.17) is 0 Å². The van der Waals surface area contributed by atoms with Gasteiger partial charge in [-0.3, -0.25) is 9.78 Å². The SMILES string of the molecule is CCC(NC(=O)c1ccccc1-c1ccccc1)c1ccccn1. The Hall–Kier alpha value is -2.94. The molecule has 0 aliphatic carbocycles. The highest BCUT2D eigenvalue weighted by atomic mass is 16.1. The number of benzene rings is 2. The maximum atomic E-state index is 12.8. The molecular weight excluding hydrogens is 296 g/mol. The van der Waals surface area contributed by atoms with Crippen molar-refractivity contribution in [2.75, 3.05) is 0 Å². The van der Waals surface area contributed by atoms with Crippen LogP contribution in [0.4, 0.5) is 0 Å². The number of nitrogens with zero attached hydrogens (tertiary/aromatic N) is 1. The fourth-order valence-electron chi connectivity index (χ4n) is 2.75. The van der Waals surface area contributed by atoms with Gasteiger partial charge in [0.25, 0.3) is 5.91 Å². The first-order chi connectivity index (χ1) is 11.8. The lowest BCUT2D eigenvalue weighted by molar-refractivity contribution is 0.0935. The molecule has 1 atom stereocenters. The van der Waals surface area contributed by atoms with Crippen LogP contribution in [0.25, 0.3) is 11.1 Å². The Morgan fingerprint density at radius 3 is 2.38 bits per heavy atom. The Labute approximate surface area is 142 Å². The Bertz CT molecular complexity index is 800. The van der Waals surface area contributed by atoms with Crippen LogP contribution in [0.15, 0.2) is 79.0 Å². The predicted molar refractivity (Wildman–Crippen MR) is 96.6 cm³/mol. The van der Waals surface area contributed by atoms with Crippen LogP contribution in [0.2, 0.25) is 0 Å².